The van der Waals surface area contributed by atoms with Crippen molar-refractivity contribution < 1.29 is 9.32 Å². The molecule has 24 heavy (non-hydrogen) atoms. The van der Waals surface area contributed by atoms with Crippen LogP contribution >= 0.6 is 12.4 Å². The molecular weight excluding hydrogens is 328 g/mol. The van der Waals surface area contributed by atoms with Gasteiger partial charge in [0.1, 0.15) is 0 Å². The number of rotatable bonds is 4. The molecule has 2 heterocycles. The third kappa shape index (κ3) is 4.13. The second kappa shape index (κ2) is 7.77. The molecule has 0 aliphatic carbocycles. The predicted molar refractivity (Wildman–Crippen MR) is 94.3 cm³/mol. The number of hydrogen-bond acceptors (Lipinski definition) is 5. The zero-order valence-electron chi connectivity index (χ0n) is 14.0. The van der Waals surface area contributed by atoms with Gasteiger partial charge in [-0.15, -0.1) is 12.4 Å². The topological polar surface area (TPSA) is 80.0 Å². The third-order valence-electron chi connectivity index (χ3n) is 4.42. The highest BCUT2D eigenvalue weighted by Crippen LogP contribution is 2.27. The average Bonchev–Trinajstić information content (AvgIpc) is 3.00. The predicted octanol–water partition coefficient (Wildman–Crippen LogP) is 2.59. The van der Waals surface area contributed by atoms with Crippen LogP contribution in [0.15, 0.2) is 28.8 Å². The fourth-order valence-electron chi connectivity index (χ4n) is 2.87. The summed E-state index contributed by atoms with van der Waals surface area (Å²) in [5, 5.41) is 10.2. The summed E-state index contributed by atoms with van der Waals surface area (Å²) in [4.78, 5) is 16.8. The van der Waals surface area contributed by atoms with Gasteiger partial charge in [-0.05, 0) is 50.4 Å². The minimum absolute atomic E-state index is 0. The van der Waals surface area contributed by atoms with Crippen LogP contribution in [0.3, 0.4) is 0 Å². The number of hydrogen-bond donors (Lipinski definition) is 2. The van der Waals surface area contributed by atoms with Crippen LogP contribution in [0.1, 0.15) is 35.9 Å². The molecule has 6 nitrogen and oxygen atoms in total. The van der Waals surface area contributed by atoms with Crippen molar-refractivity contribution >= 4 is 18.3 Å². The van der Waals surface area contributed by atoms with Crippen molar-refractivity contribution in [3.8, 4) is 11.5 Å². The zero-order chi connectivity index (χ0) is 16.3. The number of nitrogens with one attached hydrogen (secondary N) is 2. The monoisotopic (exact) mass is 350 g/mol. The Kier molecular flexibility index (Phi) is 5.96. The molecule has 1 fully saturated rings. The molecule has 1 aliphatic heterocycles. The summed E-state index contributed by atoms with van der Waals surface area (Å²) >= 11 is 0. The summed E-state index contributed by atoms with van der Waals surface area (Å²) in [6.45, 7) is 6.66. The molecule has 0 spiro atoms. The van der Waals surface area contributed by atoms with Gasteiger partial charge in [-0.25, -0.2) is 0 Å². The van der Waals surface area contributed by atoms with Gasteiger partial charge >= 0.3 is 0 Å². The van der Waals surface area contributed by atoms with E-state index in [1.165, 1.54) is 0 Å². The molecule has 0 bridgehead atoms. The molecule has 2 aromatic rings. The number of amides is 1. The number of nitrogens with zero attached hydrogens (tertiary/aromatic N) is 2. The van der Waals surface area contributed by atoms with Gasteiger partial charge in [0, 0.05) is 6.54 Å². The van der Waals surface area contributed by atoms with Crippen molar-refractivity contribution in [1.82, 2.24) is 20.8 Å². The quantitative estimate of drug-likeness (QED) is 0.885. The third-order valence-corrected chi connectivity index (χ3v) is 4.42. The number of aromatic nitrogens is 2. The first-order chi connectivity index (χ1) is 11.1. The summed E-state index contributed by atoms with van der Waals surface area (Å²) in [5.41, 5.74) is 1.38. The summed E-state index contributed by atoms with van der Waals surface area (Å²) in [5.74, 6) is 0.829. The first kappa shape index (κ1) is 18.4. The lowest BCUT2D eigenvalue weighted by Gasteiger charge is -2.34. The Hall–Kier alpha value is -1.92. The summed E-state index contributed by atoms with van der Waals surface area (Å²) in [6.07, 6.45) is 2.13. The Morgan fingerprint density at radius 2 is 2.04 bits per heavy atom. The van der Waals surface area contributed by atoms with E-state index < -0.39 is 0 Å². The Balaban J connectivity index is 0.00000208. The average molecular weight is 351 g/mol. The SMILES string of the molecule is Cc1noc(-c2ccccc2C(=O)NCC2(C)CCNCC2)n1.Cl. The van der Waals surface area contributed by atoms with Crippen LogP contribution < -0.4 is 10.6 Å². The van der Waals surface area contributed by atoms with Gasteiger partial charge in [-0.3, -0.25) is 4.79 Å². The van der Waals surface area contributed by atoms with Crippen LogP contribution in [0.5, 0.6) is 0 Å². The molecule has 1 aliphatic rings. The fourth-order valence-corrected chi connectivity index (χ4v) is 2.87. The Labute approximate surface area is 147 Å². The molecular formula is C17H23ClN4O2. The van der Waals surface area contributed by atoms with Crippen LogP contribution in [-0.2, 0) is 0 Å². The van der Waals surface area contributed by atoms with E-state index in [9.17, 15) is 4.79 Å². The first-order valence-corrected chi connectivity index (χ1v) is 7.96. The van der Waals surface area contributed by atoms with E-state index in [-0.39, 0.29) is 23.7 Å². The highest BCUT2D eigenvalue weighted by Gasteiger charge is 2.27. The number of benzene rings is 1. The maximum atomic E-state index is 12.6. The van der Waals surface area contributed by atoms with Crippen LogP contribution in [-0.4, -0.2) is 35.7 Å². The Morgan fingerprint density at radius 1 is 1.33 bits per heavy atom. The minimum atomic E-state index is -0.101. The van der Waals surface area contributed by atoms with Crippen molar-refractivity contribution in [3.63, 3.8) is 0 Å². The van der Waals surface area contributed by atoms with Crippen LogP contribution in [0, 0.1) is 12.3 Å². The Bertz CT molecular complexity index is 695. The van der Waals surface area contributed by atoms with Crippen molar-refractivity contribution in [3.05, 3.63) is 35.7 Å². The first-order valence-electron chi connectivity index (χ1n) is 7.96. The van der Waals surface area contributed by atoms with Gasteiger partial charge in [0.25, 0.3) is 11.8 Å². The molecule has 1 saturated heterocycles. The number of carbonyl (C=O) groups is 1. The molecule has 0 unspecified atom stereocenters. The van der Waals surface area contributed by atoms with E-state index in [2.05, 4.69) is 27.7 Å². The standard InChI is InChI=1S/C17H22N4O2.ClH/c1-12-20-16(23-21-12)14-6-4-3-5-13(14)15(22)19-11-17(2)7-9-18-10-8-17;/h3-6,18H,7-11H2,1-2H3,(H,19,22);1H. The lowest BCUT2D eigenvalue weighted by molar-refractivity contribution is 0.0922. The normalized spacial score (nSPS) is 16.2. The van der Waals surface area contributed by atoms with Crippen molar-refractivity contribution in [2.75, 3.05) is 19.6 Å². The largest absolute Gasteiger partial charge is 0.351 e. The summed E-state index contributed by atoms with van der Waals surface area (Å²) in [6, 6.07) is 7.32. The maximum Gasteiger partial charge on any atom is 0.258 e. The van der Waals surface area contributed by atoms with E-state index in [1.807, 2.05) is 18.2 Å². The second-order valence-electron chi connectivity index (χ2n) is 6.44. The van der Waals surface area contributed by atoms with Gasteiger partial charge in [-0.1, -0.05) is 24.2 Å². The minimum Gasteiger partial charge on any atom is -0.351 e. The van der Waals surface area contributed by atoms with Crippen LogP contribution in [0.2, 0.25) is 0 Å². The van der Waals surface area contributed by atoms with Gasteiger partial charge < -0.3 is 15.2 Å². The van der Waals surface area contributed by atoms with E-state index in [1.54, 1.807) is 13.0 Å². The van der Waals surface area contributed by atoms with E-state index in [0.717, 1.165) is 25.9 Å². The molecule has 0 radical (unpaired) electrons. The highest BCUT2D eigenvalue weighted by atomic mass is 35.5. The molecule has 0 atom stereocenters. The number of aryl methyl sites for hydroxylation is 1. The van der Waals surface area contributed by atoms with Gasteiger partial charge in [0.2, 0.25) is 0 Å². The molecule has 1 amide bonds. The van der Waals surface area contributed by atoms with Crippen molar-refractivity contribution in [2.24, 2.45) is 5.41 Å². The Morgan fingerprint density at radius 3 is 2.71 bits per heavy atom. The molecule has 2 N–H and O–H groups in total. The molecule has 7 heteroatoms. The van der Waals surface area contributed by atoms with Crippen molar-refractivity contribution in [2.45, 2.75) is 26.7 Å². The van der Waals surface area contributed by atoms with Crippen molar-refractivity contribution in [1.29, 1.82) is 0 Å². The summed E-state index contributed by atoms with van der Waals surface area (Å²) < 4.78 is 5.21. The molecule has 1 aromatic carbocycles. The number of halogens is 1. The molecule has 3 rings (SSSR count). The van der Waals surface area contributed by atoms with E-state index in [4.69, 9.17) is 4.52 Å². The van der Waals surface area contributed by atoms with Gasteiger partial charge in [0.05, 0.1) is 11.1 Å². The lowest BCUT2D eigenvalue weighted by atomic mass is 9.81. The van der Waals surface area contributed by atoms with E-state index in [0.29, 0.717) is 29.4 Å². The number of carbonyl (C=O) groups excluding carboxylic acids is 1. The molecule has 1 aromatic heterocycles. The maximum absolute atomic E-state index is 12.6. The summed E-state index contributed by atoms with van der Waals surface area (Å²) in [7, 11) is 0. The van der Waals surface area contributed by atoms with Crippen LogP contribution in [0.4, 0.5) is 0 Å². The highest BCUT2D eigenvalue weighted by molar-refractivity contribution is 5.99. The number of piperidine rings is 1. The zero-order valence-corrected chi connectivity index (χ0v) is 14.8. The smallest absolute Gasteiger partial charge is 0.258 e. The second-order valence-corrected chi connectivity index (χ2v) is 6.44. The fraction of sp³-hybridized carbons (Fsp3) is 0.471. The van der Waals surface area contributed by atoms with E-state index >= 15 is 0 Å². The van der Waals surface area contributed by atoms with Crippen LogP contribution in [0.25, 0.3) is 11.5 Å². The molecule has 0 saturated carbocycles. The van der Waals surface area contributed by atoms with Gasteiger partial charge in [0.15, 0.2) is 5.82 Å². The molecule has 130 valence electrons. The van der Waals surface area contributed by atoms with Gasteiger partial charge in [-0.2, -0.15) is 4.98 Å². The lowest BCUT2D eigenvalue weighted by Crippen LogP contribution is -2.43.